The molecule has 0 bridgehead atoms. The predicted molar refractivity (Wildman–Crippen MR) is 113 cm³/mol. The second-order valence-electron chi connectivity index (χ2n) is 7.79. The monoisotopic (exact) mass is 445 g/mol. The van der Waals surface area contributed by atoms with Gasteiger partial charge in [0.1, 0.15) is 16.1 Å². The van der Waals surface area contributed by atoms with Crippen molar-refractivity contribution < 1.29 is 13.2 Å². The van der Waals surface area contributed by atoms with Gasteiger partial charge in [-0.2, -0.15) is 4.31 Å². The summed E-state index contributed by atoms with van der Waals surface area (Å²) in [6, 6.07) is 8.56. The lowest BCUT2D eigenvalue weighted by Crippen LogP contribution is -2.49. The molecule has 10 heteroatoms. The van der Waals surface area contributed by atoms with Crippen molar-refractivity contribution >= 4 is 32.9 Å². The minimum Gasteiger partial charge on any atom is -0.341 e. The first-order chi connectivity index (χ1) is 14.6. The maximum absolute atomic E-state index is 13.2. The minimum atomic E-state index is -3.62. The van der Waals surface area contributed by atoms with E-state index in [1.165, 1.54) is 15.6 Å². The van der Waals surface area contributed by atoms with Crippen LogP contribution in [0.5, 0.6) is 0 Å². The molecule has 2 saturated heterocycles. The lowest BCUT2D eigenvalue weighted by Gasteiger charge is -2.34. The van der Waals surface area contributed by atoms with Crippen LogP contribution in [0.4, 0.5) is 0 Å². The van der Waals surface area contributed by atoms with Crippen LogP contribution in [-0.4, -0.2) is 63.8 Å². The molecule has 0 spiro atoms. The largest absolute Gasteiger partial charge is 0.341 e. The third-order valence-electron chi connectivity index (χ3n) is 6.06. The summed E-state index contributed by atoms with van der Waals surface area (Å²) in [5.41, 5.74) is 0.825. The Morgan fingerprint density at radius 2 is 1.87 bits per heavy atom. The number of sulfonamides is 1. The van der Waals surface area contributed by atoms with E-state index in [0.717, 1.165) is 24.3 Å². The molecule has 8 nitrogen and oxygen atoms in total. The molecule has 0 N–H and O–H groups in total. The number of carbonyl (C=O) groups is 1. The Bertz CT molecular complexity index is 1150. The van der Waals surface area contributed by atoms with E-state index in [2.05, 4.69) is 10.2 Å². The second kappa shape index (κ2) is 7.75. The predicted octanol–water partition coefficient (Wildman–Crippen LogP) is 2.35. The van der Waals surface area contributed by atoms with E-state index in [1.54, 1.807) is 17.5 Å². The lowest BCUT2D eigenvalue weighted by atomic mass is 9.95. The Labute approximate surface area is 179 Å². The van der Waals surface area contributed by atoms with E-state index in [4.69, 9.17) is 0 Å². The first-order valence-corrected chi connectivity index (χ1v) is 12.5. The Morgan fingerprint density at radius 1 is 1.03 bits per heavy atom. The van der Waals surface area contributed by atoms with Gasteiger partial charge in [0.2, 0.25) is 5.91 Å². The van der Waals surface area contributed by atoms with Crippen LogP contribution in [0.15, 0.2) is 46.1 Å². The van der Waals surface area contributed by atoms with Crippen LogP contribution in [-0.2, 0) is 14.8 Å². The van der Waals surface area contributed by atoms with Gasteiger partial charge < -0.3 is 4.90 Å². The van der Waals surface area contributed by atoms with Crippen molar-refractivity contribution in [2.75, 3.05) is 19.6 Å². The van der Waals surface area contributed by atoms with Crippen molar-refractivity contribution in [2.24, 2.45) is 0 Å². The third-order valence-corrected chi connectivity index (χ3v) is 9.34. The number of fused-ring (bicyclic) bond motifs is 1. The summed E-state index contributed by atoms with van der Waals surface area (Å²) in [7, 11) is -3.62. The van der Waals surface area contributed by atoms with Gasteiger partial charge in [0, 0.05) is 31.7 Å². The van der Waals surface area contributed by atoms with Crippen LogP contribution in [0.25, 0.3) is 5.65 Å². The van der Waals surface area contributed by atoms with Crippen molar-refractivity contribution in [2.45, 2.75) is 41.9 Å². The van der Waals surface area contributed by atoms with Crippen LogP contribution in [0.2, 0.25) is 0 Å². The molecule has 3 aromatic rings. The van der Waals surface area contributed by atoms with Crippen LogP contribution < -0.4 is 0 Å². The summed E-state index contributed by atoms with van der Waals surface area (Å²) < 4.78 is 29.7. The summed E-state index contributed by atoms with van der Waals surface area (Å²) in [6.45, 7) is 1.61. The molecule has 1 amide bonds. The number of thiophene rings is 1. The maximum Gasteiger partial charge on any atom is 0.253 e. The molecule has 0 aromatic carbocycles. The highest BCUT2D eigenvalue weighted by atomic mass is 32.2. The molecule has 158 valence electrons. The van der Waals surface area contributed by atoms with Crippen LogP contribution in [0, 0.1) is 0 Å². The summed E-state index contributed by atoms with van der Waals surface area (Å²) >= 11 is 1.20. The molecule has 5 heterocycles. The number of pyridine rings is 1. The smallest absolute Gasteiger partial charge is 0.253 e. The Balaban J connectivity index is 1.28. The molecule has 1 atom stereocenters. The Kier molecular flexibility index (Phi) is 5.08. The van der Waals surface area contributed by atoms with E-state index in [0.29, 0.717) is 36.7 Å². The minimum absolute atomic E-state index is 0.0721. The number of likely N-dealkylation sites (tertiary alicyclic amines) is 1. The van der Waals surface area contributed by atoms with Crippen molar-refractivity contribution in [3.8, 4) is 0 Å². The van der Waals surface area contributed by atoms with Crippen molar-refractivity contribution in [1.82, 2.24) is 23.8 Å². The highest BCUT2D eigenvalue weighted by molar-refractivity contribution is 7.91. The van der Waals surface area contributed by atoms with E-state index in [-0.39, 0.29) is 11.8 Å². The van der Waals surface area contributed by atoms with Gasteiger partial charge >= 0.3 is 0 Å². The molecule has 3 aromatic heterocycles. The van der Waals surface area contributed by atoms with Crippen molar-refractivity contribution in [3.63, 3.8) is 0 Å². The van der Waals surface area contributed by atoms with Crippen LogP contribution >= 0.6 is 11.3 Å². The maximum atomic E-state index is 13.2. The molecule has 0 aliphatic carbocycles. The van der Waals surface area contributed by atoms with Gasteiger partial charge in [0.15, 0.2) is 5.65 Å². The zero-order valence-electron chi connectivity index (χ0n) is 16.4. The number of amides is 1. The fourth-order valence-corrected chi connectivity index (χ4v) is 7.28. The zero-order chi connectivity index (χ0) is 20.7. The highest BCUT2D eigenvalue weighted by Crippen LogP contribution is 2.32. The highest BCUT2D eigenvalue weighted by Gasteiger charge is 2.42. The summed E-state index contributed by atoms with van der Waals surface area (Å²) in [4.78, 5) is 15.0. The number of nitrogens with zero attached hydrogens (tertiary/aromatic N) is 5. The number of piperidine rings is 1. The third kappa shape index (κ3) is 3.32. The SMILES string of the molecule is O=C(C1CCCN1S(=O)(=O)c1cccs1)N1CCC(c2nnc3ccccn23)CC1. The van der Waals surface area contributed by atoms with Crippen LogP contribution in [0.1, 0.15) is 37.4 Å². The topological polar surface area (TPSA) is 87.9 Å². The van der Waals surface area contributed by atoms with E-state index < -0.39 is 16.1 Å². The second-order valence-corrected chi connectivity index (χ2v) is 10.9. The van der Waals surface area contributed by atoms with E-state index >= 15 is 0 Å². The van der Waals surface area contributed by atoms with Gasteiger partial charge in [-0.15, -0.1) is 21.5 Å². The normalized spacial score (nSPS) is 21.5. The molecule has 0 radical (unpaired) electrons. The lowest BCUT2D eigenvalue weighted by molar-refractivity contribution is -0.135. The van der Waals surface area contributed by atoms with E-state index in [9.17, 15) is 13.2 Å². The molecule has 0 saturated carbocycles. The van der Waals surface area contributed by atoms with Gasteiger partial charge in [0.05, 0.1) is 0 Å². The summed E-state index contributed by atoms with van der Waals surface area (Å²) in [5.74, 6) is 1.10. The van der Waals surface area contributed by atoms with Crippen LogP contribution in [0.3, 0.4) is 0 Å². The molecule has 30 heavy (non-hydrogen) atoms. The molecular weight excluding hydrogens is 422 g/mol. The Morgan fingerprint density at radius 3 is 2.63 bits per heavy atom. The molecule has 2 aliphatic heterocycles. The number of rotatable bonds is 4. The fourth-order valence-electron chi connectivity index (χ4n) is 4.51. The van der Waals surface area contributed by atoms with Crippen molar-refractivity contribution in [3.05, 3.63) is 47.7 Å². The van der Waals surface area contributed by atoms with E-state index in [1.807, 2.05) is 33.7 Å². The van der Waals surface area contributed by atoms with Gasteiger partial charge in [-0.3, -0.25) is 9.20 Å². The standard InChI is InChI=1S/C20H23N5O3S2/c26-20(16-5-3-11-25(16)30(27,28)18-7-4-14-29-18)23-12-8-15(9-13-23)19-22-21-17-6-1-2-10-24(17)19/h1-2,4,6-7,10,14-16H,3,5,8-9,11-13H2. The summed E-state index contributed by atoms with van der Waals surface area (Å²) in [5, 5.41) is 10.3. The zero-order valence-corrected chi connectivity index (χ0v) is 18.1. The average molecular weight is 446 g/mol. The van der Waals surface area contributed by atoms with Gasteiger partial charge in [-0.1, -0.05) is 12.1 Å². The average Bonchev–Trinajstić information content (AvgIpc) is 3.54. The quantitative estimate of drug-likeness (QED) is 0.615. The first kappa shape index (κ1) is 19.7. The molecule has 1 unspecified atom stereocenters. The Hall–Kier alpha value is -2.30. The molecule has 5 rings (SSSR count). The van der Waals surface area contributed by atoms with Crippen molar-refractivity contribution in [1.29, 1.82) is 0 Å². The number of aromatic nitrogens is 3. The summed E-state index contributed by atoms with van der Waals surface area (Å²) in [6.07, 6.45) is 4.85. The fraction of sp³-hybridized carbons (Fsp3) is 0.450. The molecule has 2 fully saturated rings. The molecular formula is C20H23N5O3S2. The first-order valence-electron chi connectivity index (χ1n) is 10.2. The van der Waals surface area contributed by atoms with Gasteiger partial charge in [-0.25, -0.2) is 8.42 Å². The number of hydrogen-bond donors (Lipinski definition) is 0. The molecule has 2 aliphatic rings. The van der Waals surface area contributed by atoms with Gasteiger partial charge in [-0.05, 0) is 49.3 Å². The number of hydrogen-bond acceptors (Lipinski definition) is 6. The number of carbonyl (C=O) groups excluding carboxylic acids is 1. The van der Waals surface area contributed by atoms with Gasteiger partial charge in [0.25, 0.3) is 10.0 Å².